The summed E-state index contributed by atoms with van der Waals surface area (Å²) in [5.74, 6) is -0.516. The normalized spacial score (nSPS) is 11.6. The molecule has 1 amide bonds. The molecule has 0 atom stereocenters. The molecule has 0 spiro atoms. The Morgan fingerprint density at radius 2 is 2.15 bits per heavy atom. The first kappa shape index (κ1) is 16.4. The summed E-state index contributed by atoms with van der Waals surface area (Å²) in [7, 11) is 1.33. The van der Waals surface area contributed by atoms with Crippen molar-refractivity contribution in [1.82, 2.24) is 10.3 Å². The Balaban J connectivity index is 2.51. The summed E-state index contributed by atoms with van der Waals surface area (Å²) in [5, 5.41) is 2.82. The van der Waals surface area contributed by atoms with Gasteiger partial charge in [0.05, 0.1) is 18.3 Å². The highest BCUT2D eigenvalue weighted by atomic mass is 32.1. The van der Waals surface area contributed by atoms with Gasteiger partial charge in [0, 0.05) is 18.0 Å². The molecule has 1 aromatic heterocycles. The third-order valence-corrected chi connectivity index (χ3v) is 3.36. The average molecular weight is 296 g/mol. The minimum atomic E-state index is -0.395. The first-order chi connectivity index (χ1) is 9.36. The number of amides is 1. The topological polar surface area (TPSA) is 68.3 Å². The van der Waals surface area contributed by atoms with Gasteiger partial charge in [0.2, 0.25) is 0 Å². The van der Waals surface area contributed by atoms with Gasteiger partial charge in [-0.3, -0.25) is 4.79 Å². The third kappa shape index (κ3) is 4.77. The summed E-state index contributed by atoms with van der Waals surface area (Å²) in [4.78, 5) is 27.8. The number of hydrogen-bond donors (Lipinski definition) is 1. The molecule has 0 bridgehead atoms. The highest BCUT2D eigenvalue weighted by Gasteiger charge is 2.24. The number of carbonyl (C=O) groups excluding carboxylic acids is 2. The number of carbonyl (C=O) groups is 2. The molecule has 1 aromatic rings. The quantitative estimate of drug-likeness (QED) is 0.514. The van der Waals surface area contributed by atoms with Crippen molar-refractivity contribution in [1.29, 1.82) is 0 Å². The lowest BCUT2D eigenvalue weighted by Crippen LogP contribution is -2.26. The van der Waals surface area contributed by atoms with Crippen LogP contribution in [0.1, 0.15) is 42.6 Å². The zero-order valence-corrected chi connectivity index (χ0v) is 13.0. The Hall–Kier alpha value is -1.69. The molecular weight excluding hydrogens is 276 g/mol. The largest absolute Gasteiger partial charge is 0.466 e. The molecule has 0 saturated carbocycles. The maximum Gasteiger partial charge on any atom is 0.330 e. The van der Waals surface area contributed by atoms with E-state index < -0.39 is 5.97 Å². The van der Waals surface area contributed by atoms with Crippen LogP contribution in [0.3, 0.4) is 0 Å². The van der Waals surface area contributed by atoms with Crippen molar-refractivity contribution in [3.63, 3.8) is 0 Å². The molecule has 0 aromatic carbocycles. The van der Waals surface area contributed by atoms with E-state index in [1.165, 1.54) is 24.5 Å². The van der Waals surface area contributed by atoms with Crippen LogP contribution in [0.25, 0.3) is 0 Å². The van der Waals surface area contributed by atoms with E-state index in [4.69, 9.17) is 0 Å². The minimum Gasteiger partial charge on any atom is -0.466 e. The summed E-state index contributed by atoms with van der Waals surface area (Å²) < 4.78 is 4.47. The van der Waals surface area contributed by atoms with Crippen molar-refractivity contribution in [2.24, 2.45) is 0 Å². The smallest absolute Gasteiger partial charge is 0.330 e. The number of methoxy groups -OCH3 is 1. The van der Waals surface area contributed by atoms with Gasteiger partial charge in [-0.05, 0) is 6.42 Å². The van der Waals surface area contributed by atoms with E-state index in [0.717, 1.165) is 5.69 Å². The average Bonchev–Trinajstić information content (AvgIpc) is 2.86. The summed E-state index contributed by atoms with van der Waals surface area (Å²) in [6, 6.07) is 0. The monoisotopic (exact) mass is 296 g/mol. The van der Waals surface area contributed by atoms with Gasteiger partial charge in [-0.2, -0.15) is 0 Å². The Morgan fingerprint density at radius 1 is 1.45 bits per heavy atom. The van der Waals surface area contributed by atoms with Crippen molar-refractivity contribution in [2.45, 2.75) is 32.6 Å². The minimum absolute atomic E-state index is 0.121. The number of ether oxygens (including phenoxy) is 1. The molecule has 20 heavy (non-hydrogen) atoms. The number of esters is 1. The number of rotatable bonds is 5. The van der Waals surface area contributed by atoms with Gasteiger partial charge < -0.3 is 10.1 Å². The summed E-state index contributed by atoms with van der Waals surface area (Å²) in [6.07, 6.45) is 3.59. The van der Waals surface area contributed by atoms with Crippen LogP contribution >= 0.6 is 11.3 Å². The highest BCUT2D eigenvalue weighted by molar-refractivity contribution is 7.11. The Labute approximate surface area is 123 Å². The molecule has 0 radical (unpaired) electrons. The molecule has 0 aliphatic heterocycles. The Kier molecular flexibility index (Phi) is 5.88. The zero-order valence-electron chi connectivity index (χ0n) is 12.2. The SMILES string of the molecule is COC(=O)/C=C/CCNC(=O)c1scnc1C(C)(C)C. The molecule has 1 heterocycles. The first-order valence-electron chi connectivity index (χ1n) is 6.33. The van der Waals surface area contributed by atoms with E-state index >= 15 is 0 Å². The summed E-state index contributed by atoms with van der Waals surface area (Å²) in [5.41, 5.74) is 2.34. The zero-order chi connectivity index (χ0) is 15.2. The second-order valence-electron chi connectivity index (χ2n) is 5.25. The number of thiazole rings is 1. The molecule has 0 aliphatic carbocycles. The van der Waals surface area contributed by atoms with E-state index in [2.05, 4.69) is 15.0 Å². The van der Waals surface area contributed by atoms with Gasteiger partial charge in [0.15, 0.2) is 0 Å². The van der Waals surface area contributed by atoms with Crippen LogP contribution in [0, 0.1) is 0 Å². The summed E-state index contributed by atoms with van der Waals surface area (Å²) >= 11 is 1.34. The molecule has 1 N–H and O–H groups in total. The molecule has 110 valence electrons. The van der Waals surface area contributed by atoms with Crippen LogP contribution in [0.15, 0.2) is 17.7 Å². The van der Waals surface area contributed by atoms with Crippen LogP contribution < -0.4 is 5.32 Å². The van der Waals surface area contributed by atoms with Gasteiger partial charge in [-0.1, -0.05) is 26.8 Å². The molecule has 5 nitrogen and oxygen atoms in total. The van der Waals surface area contributed by atoms with E-state index in [-0.39, 0.29) is 11.3 Å². The van der Waals surface area contributed by atoms with Crippen LogP contribution in [0.4, 0.5) is 0 Å². The van der Waals surface area contributed by atoms with E-state index in [9.17, 15) is 9.59 Å². The number of nitrogens with zero attached hydrogens (tertiary/aromatic N) is 1. The molecule has 0 fully saturated rings. The van der Waals surface area contributed by atoms with Crippen LogP contribution in [-0.4, -0.2) is 30.5 Å². The van der Waals surface area contributed by atoms with Crippen molar-refractivity contribution in [3.8, 4) is 0 Å². The molecule has 6 heteroatoms. The van der Waals surface area contributed by atoms with Crippen molar-refractivity contribution in [3.05, 3.63) is 28.2 Å². The second kappa shape index (κ2) is 7.19. The van der Waals surface area contributed by atoms with Gasteiger partial charge in [-0.25, -0.2) is 9.78 Å². The number of nitrogens with one attached hydrogen (secondary N) is 1. The van der Waals surface area contributed by atoms with Crippen molar-refractivity contribution >= 4 is 23.2 Å². The molecule has 1 rings (SSSR count). The fourth-order valence-corrected chi connectivity index (χ4v) is 2.45. The van der Waals surface area contributed by atoms with Gasteiger partial charge in [0.1, 0.15) is 4.88 Å². The molecule has 0 unspecified atom stereocenters. The van der Waals surface area contributed by atoms with Crippen LogP contribution in [-0.2, 0) is 14.9 Å². The fraction of sp³-hybridized carbons (Fsp3) is 0.500. The lowest BCUT2D eigenvalue weighted by atomic mass is 9.91. The maximum atomic E-state index is 12.1. The van der Waals surface area contributed by atoms with E-state index in [1.54, 1.807) is 11.6 Å². The highest BCUT2D eigenvalue weighted by Crippen LogP contribution is 2.26. The summed E-state index contributed by atoms with van der Waals surface area (Å²) in [6.45, 7) is 6.54. The first-order valence-corrected chi connectivity index (χ1v) is 7.21. The van der Waals surface area contributed by atoms with Crippen molar-refractivity contribution in [2.75, 3.05) is 13.7 Å². The van der Waals surface area contributed by atoms with Crippen LogP contribution in [0.2, 0.25) is 0 Å². The van der Waals surface area contributed by atoms with Gasteiger partial charge in [0.25, 0.3) is 5.91 Å². The molecule has 0 saturated heterocycles. The molecular formula is C14H20N2O3S. The lowest BCUT2D eigenvalue weighted by molar-refractivity contribution is -0.134. The number of hydrogen-bond acceptors (Lipinski definition) is 5. The predicted octanol–water partition coefficient (Wildman–Crippen LogP) is 2.29. The standard InChI is InChI=1S/C14H20N2O3S/c1-14(2,3)12-11(20-9-16-12)13(18)15-8-6-5-7-10(17)19-4/h5,7,9H,6,8H2,1-4H3,(H,15,18)/b7-5+. The fourth-order valence-electron chi connectivity index (χ4n) is 1.54. The second-order valence-corrected chi connectivity index (χ2v) is 6.10. The lowest BCUT2D eigenvalue weighted by Gasteiger charge is -2.17. The number of aromatic nitrogens is 1. The predicted molar refractivity (Wildman–Crippen MR) is 78.9 cm³/mol. The maximum absolute atomic E-state index is 12.1. The van der Waals surface area contributed by atoms with E-state index in [0.29, 0.717) is 17.8 Å². The Morgan fingerprint density at radius 3 is 2.75 bits per heavy atom. The van der Waals surface area contributed by atoms with Crippen molar-refractivity contribution < 1.29 is 14.3 Å². The molecule has 0 aliphatic rings. The Bertz CT molecular complexity index is 501. The third-order valence-electron chi connectivity index (χ3n) is 2.54. The van der Waals surface area contributed by atoms with Gasteiger partial charge >= 0.3 is 5.97 Å². The van der Waals surface area contributed by atoms with Crippen LogP contribution in [0.5, 0.6) is 0 Å². The van der Waals surface area contributed by atoms with E-state index in [1.807, 2.05) is 20.8 Å². The van der Waals surface area contributed by atoms with Gasteiger partial charge in [-0.15, -0.1) is 11.3 Å².